The zero-order valence-electron chi connectivity index (χ0n) is 17.5. The summed E-state index contributed by atoms with van der Waals surface area (Å²) in [5.74, 6) is -0.202. The number of nitrogens with one attached hydrogen (secondary N) is 1. The molecule has 8 nitrogen and oxygen atoms in total. The van der Waals surface area contributed by atoms with Crippen LogP contribution in [0.2, 0.25) is 5.02 Å². The van der Waals surface area contributed by atoms with Crippen LogP contribution in [0.1, 0.15) is 12.8 Å². The highest BCUT2D eigenvalue weighted by atomic mass is 35.5. The molecule has 0 saturated carbocycles. The number of aliphatic carboxylic acids is 1. The zero-order chi connectivity index (χ0) is 22.8. The number of aromatic nitrogens is 2. The zero-order valence-corrected chi connectivity index (χ0v) is 18.3. The molecule has 1 aliphatic heterocycles. The molecule has 2 atom stereocenters. The molecule has 0 amide bonds. The highest BCUT2D eigenvalue weighted by Crippen LogP contribution is 2.37. The number of anilines is 2. The summed E-state index contributed by atoms with van der Waals surface area (Å²) in [7, 11) is 3.31. The number of hydrogen-bond acceptors (Lipinski definition) is 7. The molecule has 2 aromatic carbocycles. The summed E-state index contributed by atoms with van der Waals surface area (Å²) in [5, 5.41) is 13.0. The number of carbonyl (C=O) groups is 1. The van der Waals surface area contributed by atoms with Gasteiger partial charge >= 0.3 is 5.97 Å². The summed E-state index contributed by atoms with van der Waals surface area (Å²) in [6.07, 6.45) is 2.08. The number of nitrogens with zero attached hydrogens (tertiary/aromatic N) is 3. The standard InChI is InChI=1S/C22H22ClFN4O4/c1-28-7-6-12(8-17(28)22(29)30)32-19-9-13-16(10-18(19)31-2)25-11-26-21(13)27-15-5-3-4-14(23)20(15)24/h3-5,9-12,17H,6-8H2,1-2H3,(H,29,30)(H,25,26,27)/t12-,17+/m0/s1. The third kappa shape index (κ3) is 4.39. The molecule has 32 heavy (non-hydrogen) atoms. The summed E-state index contributed by atoms with van der Waals surface area (Å²) < 4.78 is 26.0. The van der Waals surface area contributed by atoms with Gasteiger partial charge in [0.25, 0.3) is 0 Å². The molecule has 1 aliphatic rings. The normalized spacial score (nSPS) is 19.0. The molecule has 1 aromatic heterocycles. The molecule has 4 rings (SSSR count). The molecule has 0 unspecified atom stereocenters. The number of likely N-dealkylation sites (tertiary alicyclic amines) is 1. The Hall–Kier alpha value is -3.17. The van der Waals surface area contributed by atoms with Crippen molar-refractivity contribution in [3.8, 4) is 11.5 Å². The van der Waals surface area contributed by atoms with Crippen LogP contribution in [0.3, 0.4) is 0 Å². The smallest absolute Gasteiger partial charge is 0.321 e. The fraction of sp³-hybridized carbons (Fsp3) is 0.318. The van der Waals surface area contributed by atoms with E-state index in [0.29, 0.717) is 47.6 Å². The van der Waals surface area contributed by atoms with E-state index >= 15 is 0 Å². The fourth-order valence-electron chi connectivity index (χ4n) is 3.77. The highest BCUT2D eigenvalue weighted by molar-refractivity contribution is 6.31. The lowest BCUT2D eigenvalue weighted by Gasteiger charge is -2.34. The third-order valence-electron chi connectivity index (χ3n) is 5.53. The van der Waals surface area contributed by atoms with Crippen molar-refractivity contribution in [2.75, 3.05) is 26.0 Å². The Morgan fingerprint density at radius 2 is 2.12 bits per heavy atom. The Morgan fingerprint density at radius 1 is 1.31 bits per heavy atom. The van der Waals surface area contributed by atoms with E-state index in [1.54, 1.807) is 36.2 Å². The summed E-state index contributed by atoms with van der Waals surface area (Å²) in [4.78, 5) is 21.9. The Labute approximate surface area is 188 Å². The van der Waals surface area contributed by atoms with Crippen molar-refractivity contribution in [3.05, 3.63) is 47.5 Å². The second-order valence-corrected chi connectivity index (χ2v) is 7.97. The van der Waals surface area contributed by atoms with Crippen LogP contribution in [0.4, 0.5) is 15.9 Å². The van der Waals surface area contributed by atoms with Gasteiger partial charge in [-0.2, -0.15) is 0 Å². The van der Waals surface area contributed by atoms with Gasteiger partial charge in [-0.1, -0.05) is 17.7 Å². The summed E-state index contributed by atoms with van der Waals surface area (Å²) in [6.45, 7) is 0.599. The van der Waals surface area contributed by atoms with Gasteiger partial charge in [-0.05, 0) is 31.7 Å². The number of carboxylic acid groups (broad SMARTS) is 1. The number of carboxylic acids is 1. The van der Waals surface area contributed by atoms with E-state index in [1.807, 2.05) is 0 Å². The maximum absolute atomic E-state index is 14.4. The molecule has 1 saturated heterocycles. The monoisotopic (exact) mass is 460 g/mol. The molecule has 0 aliphatic carbocycles. The fourth-order valence-corrected chi connectivity index (χ4v) is 3.94. The van der Waals surface area contributed by atoms with Gasteiger partial charge in [0, 0.05) is 24.4 Å². The van der Waals surface area contributed by atoms with Crippen molar-refractivity contribution in [2.45, 2.75) is 25.0 Å². The number of likely N-dealkylation sites (N-methyl/N-ethyl adjacent to an activating group) is 1. The number of halogens is 2. The first-order valence-corrected chi connectivity index (χ1v) is 10.4. The Morgan fingerprint density at radius 3 is 2.88 bits per heavy atom. The Kier molecular flexibility index (Phi) is 6.29. The topological polar surface area (TPSA) is 96.8 Å². The quantitative estimate of drug-likeness (QED) is 0.567. The predicted molar refractivity (Wildman–Crippen MR) is 118 cm³/mol. The molecule has 2 N–H and O–H groups in total. The van der Waals surface area contributed by atoms with Gasteiger partial charge in [0.05, 0.1) is 23.3 Å². The second-order valence-electron chi connectivity index (χ2n) is 7.57. The van der Waals surface area contributed by atoms with Gasteiger partial charge in [0.2, 0.25) is 0 Å². The maximum Gasteiger partial charge on any atom is 0.321 e. The number of fused-ring (bicyclic) bond motifs is 1. The van der Waals surface area contributed by atoms with Crippen molar-refractivity contribution in [1.82, 2.24) is 14.9 Å². The van der Waals surface area contributed by atoms with Crippen LogP contribution in [-0.2, 0) is 4.79 Å². The minimum atomic E-state index is -0.880. The summed E-state index contributed by atoms with van der Waals surface area (Å²) >= 11 is 5.89. The van der Waals surface area contributed by atoms with Crippen LogP contribution < -0.4 is 14.8 Å². The maximum atomic E-state index is 14.4. The van der Waals surface area contributed by atoms with Crippen molar-refractivity contribution in [1.29, 1.82) is 0 Å². The van der Waals surface area contributed by atoms with E-state index in [1.165, 1.54) is 19.5 Å². The van der Waals surface area contributed by atoms with Gasteiger partial charge in [-0.3, -0.25) is 9.69 Å². The molecule has 1 fully saturated rings. The van der Waals surface area contributed by atoms with Crippen LogP contribution in [0.15, 0.2) is 36.7 Å². The molecule has 0 bridgehead atoms. The molecular formula is C22H22ClFN4O4. The van der Waals surface area contributed by atoms with Gasteiger partial charge in [0.15, 0.2) is 17.3 Å². The first kappa shape index (κ1) is 22.0. The van der Waals surface area contributed by atoms with Crippen molar-refractivity contribution < 1.29 is 23.8 Å². The van der Waals surface area contributed by atoms with E-state index in [0.717, 1.165) is 0 Å². The molecular weight excluding hydrogens is 439 g/mol. The lowest BCUT2D eigenvalue weighted by molar-refractivity contribution is -0.145. The van der Waals surface area contributed by atoms with Crippen molar-refractivity contribution in [2.24, 2.45) is 0 Å². The van der Waals surface area contributed by atoms with E-state index in [2.05, 4.69) is 15.3 Å². The number of rotatable bonds is 6. The number of piperidine rings is 1. The van der Waals surface area contributed by atoms with Crippen LogP contribution in [0.25, 0.3) is 10.9 Å². The van der Waals surface area contributed by atoms with Crippen LogP contribution in [0, 0.1) is 5.82 Å². The number of hydrogen-bond donors (Lipinski definition) is 2. The second kappa shape index (κ2) is 9.13. The van der Waals surface area contributed by atoms with Crippen molar-refractivity contribution >= 4 is 40.0 Å². The van der Waals surface area contributed by atoms with Gasteiger partial charge in [-0.15, -0.1) is 0 Å². The van der Waals surface area contributed by atoms with E-state index in [9.17, 15) is 14.3 Å². The van der Waals surface area contributed by atoms with Gasteiger partial charge in [-0.25, -0.2) is 14.4 Å². The predicted octanol–water partition coefficient (Wildman–Crippen LogP) is 4.10. The number of ether oxygens (including phenoxy) is 2. The Bertz CT molecular complexity index is 1160. The van der Waals surface area contributed by atoms with Gasteiger partial charge in [0.1, 0.15) is 24.3 Å². The molecule has 168 valence electrons. The van der Waals surface area contributed by atoms with E-state index in [4.69, 9.17) is 21.1 Å². The number of methoxy groups -OCH3 is 1. The molecule has 10 heteroatoms. The van der Waals surface area contributed by atoms with Crippen LogP contribution in [-0.4, -0.2) is 58.8 Å². The lowest BCUT2D eigenvalue weighted by Crippen LogP contribution is -2.47. The lowest BCUT2D eigenvalue weighted by atomic mass is 10.00. The first-order chi connectivity index (χ1) is 15.4. The Balaban J connectivity index is 1.68. The largest absolute Gasteiger partial charge is 0.493 e. The summed E-state index contributed by atoms with van der Waals surface area (Å²) in [6, 6.07) is 7.45. The third-order valence-corrected chi connectivity index (χ3v) is 5.82. The van der Waals surface area contributed by atoms with Crippen molar-refractivity contribution in [3.63, 3.8) is 0 Å². The van der Waals surface area contributed by atoms with Crippen LogP contribution in [0.5, 0.6) is 11.5 Å². The average molecular weight is 461 g/mol. The molecule has 3 aromatic rings. The summed E-state index contributed by atoms with van der Waals surface area (Å²) in [5.41, 5.74) is 0.747. The minimum Gasteiger partial charge on any atom is -0.493 e. The highest BCUT2D eigenvalue weighted by Gasteiger charge is 2.32. The van der Waals surface area contributed by atoms with E-state index in [-0.39, 0.29) is 16.8 Å². The molecule has 2 heterocycles. The minimum absolute atomic E-state index is 0.00527. The first-order valence-electron chi connectivity index (χ1n) is 10.0. The molecule has 0 spiro atoms. The SMILES string of the molecule is COc1cc2ncnc(Nc3cccc(Cl)c3F)c2cc1O[C@H]1CCN(C)[C@@H](C(=O)O)C1. The van der Waals surface area contributed by atoms with E-state index < -0.39 is 17.8 Å². The van der Waals surface area contributed by atoms with Crippen LogP contribution >= 0.6 is 11.6 Å². The number of benzene rings is 2. The average Bonchev–Trinajstić information content (AvgIpc) is 2.78. The molecule has 0 radical (unpaired) electrons. The van der Waals surface area contributed by atoms with Gasteiger partial charge < -0.3 is 19.9 Å².